The molecule has 15 aromatic heterocycles. The summed E-state index contributed by atoms with van der Waals surface area (Å²) in [6, 6.07) is 23.3. The van der Waals surface area contributed by atoms with Crippen LogP contribution in [0.2, 0.25) is 0 Å². The Hall–Kier alpha value is -16.3. The molecule has 5 amide bonds. The zero-order chi connectivity index (χ0) is 101. The highest BCUT2D eigenvalue weighted by Crippen LogP contribution is 2.35. The maximum absolute atomic E-state index is 12.7. The molecule has 0 fully saturated rings. The van der Waals surface area contributed by atoms with Gasteiger partial charge in [-0.2, -0.15) is 30.6 Å². The molecule has 5 N–H and O–H groups in total. The Balaban J connectivity index is 0.000000130. The van der Waals surface area contributed by atoms with Gasteiger partial charge in [0.1, 0.15) is 33.0 Å². The topological polar surface area (TPSA) is 538 Å². The quantitative estimate of drug-likeness (QED) is 0.0941. The first-order valence-electron chi connectivity index (χ1n) is 45.9. The van der Waals surface area contributed by atoms with E-state index in [0.29, 0.717) is 222 Å². The van der Waals surface area contributed by atoms with Crippen LogP contribution in [0.25, 0.3) is 43.5 Å². The molecule has 0 spiro atoms. The Morgan fingerprint density at radius 2 is 0.662 bits per heavy atom. The summed E-state index contributed by atoms with van der Waals surface area (Å²) in [7, 11) is 8.52. The number of nitrogens with one attached hydrogen (secondary N) is 5. The van der Waals surface area contributed by atoms with Gasteiger partial charge in [-0.1, -0.05) is 5.21 Å². The van der Waals surface area contributed by atoms with Crippen molar-refractivity contribution in [3.05, 3.63) is 225 Å². The monoisotopic (exact) mass is 2030 g/mol. The predicted molar refractivity (Wildman–Crippen MR) is 526 cm³/mol. The van der Waals surface area contributed by atoms with Crippen LogP contribution in [0.3, 0.4) is 0 Å². The van der Waals surface area contributed by atoms with Crippen LogP contribution in [0.4, 0.5) is 28.4 Å². The van der Waals surface area contributed by atoms with Gasteiger partial charge in [0.25, 0.3) is 29.5 Å². The molecule has 145 heavy (non-hydrogen) atoms. The van der Waals surface area contributed by atoms with Crippen LogP contribution in [-0.4, -0.2) is 261 Å². The SMILES string of the molecule is Cn1cc2c(n1)C(=O)CCCOCCOc1cc(ccn1)-c1cc(cs1)C(=O)N2.Cn1cc2c(n1)C(=O)CCCOCCOc1cc(ccn1)-c1ccc(s1)C(=O)N2.Cn1cc2c(n1)C(=O)CCCOCCOc1cc(ccn1)-c1csc(n1)C(=O)N2.Cn1cc2c(n1)C(=O)CCCOCCOc1cc(ccn1)-n1cc(cn1)C(=O)N2.Cn1cc2c(n1)C(=O)CCCOCCOc1cc(ccn1)-n1cc(nn1)C(=O)N2. The average Bonchev–Trinajstić information content (AvgIpc) is 1.70. The number of nitrogens with zero attached hydrogens (tertiary/aromatic N) is 21. The number of Topliss-reactive ketones (excluding diaryl/α,β-unsaturated/α-hetero) is 5. The van der Waals surface area contributed by atoms with E-state index in [4.69, 9.17) is 47.4 Å². The van der Waals surface area contributed by atoms with Crippen molar-refractivity contribution in [2.45, 2.75) is 64.2 Å². The lowest BCUT2D eigenvalue weighted by Gasteiger charge is -2.08. The van der Waals surface area contributed by atoms with Gasteiger partial charge in [0.2, 0.25) is 29.4 Å². The summed E-state index contributed by atoms with van der Waals surface area (Å²) in [5, 5.41) is 50.8. The average molecular weight is 2030 g/mol. The van der Waals surface area contributed by atoms with Crippen molar-refractivity contribution in [1.29, 1.82) is 0 Å². The summed E-state index contributed by atoms with van der Waals surface area (Å²) in [5.41, 5.74) is 8.69. The minimum atomic E-state index is -0.492. The van der Waals surface area contributed by atoms with Gasteiger partial charge in [0.15, 0.2) is 68.1 Å². The van der Waals surface area contributed by atoms with Crippen LogP contribution in [-0.2, 0) is 58.9 Å². The molecule has 0 atom stereocenters. The summed E-state index contributed by atoms with van der Waals surface area (Å²) < 4.78 is 66.2. The third kappa shape index (κ3) is 27.9. The third-order valence-corrected chi connectivity index (χ3v) is 24.5. The Morgan fingerprint density at radius 1 is 0.303 bits per heavy atom. The summed E-state index contributed by atoms with van der Waals surface area (Å²) in [6.45, 7) is 5.85. The van der Waals surface area contributed by atoms with Crippen molar-refractivity contribution in [2.75, 3.05) is 126 Å². The lowest BCUT2D eigenvalue weighted by atomic mass is 10.1. The molecule has 20 bridgehead atoms. The van der Waals surface area contributed by atoms with E-state index in [2.05, 4.69) is 97.4 Å². The fourth-order valence-corrected chi connectivity index (χ4v) is 17.2. The number of hydrogen-bond acceptors (Lipinski definition) is 37. The highest BCUT2D eigenvalue weighted by atomic mass is 32.1. The minimum absolute atomic E-state index is 0.0982. The fourth-order valence-electron chi connectivity index (χ4n) is 14.6. The van der Waals surface area contributed by atoms with E-state index in [1.54, 1.807) is 161 Å². The van der Waals surface area contributed by atoms with E-state index in [1.165, 1.54) is 74.5 Å². The summed E-state index contributed by atoms with van der Waals surface area (Å²) in [4.78, 5) is 154. The van der Waals surface area contributed by atoms with E-state index in [1.807, 2.05) is 36.4 Å². The standard InChI is InChI=1S/2C20H20N4O4S.C19H20N6O4.C19H19N5O4S.C18H19N7O4/c1-24-12-14-19(23-24)15(25)3-2-8-27-9-10-28-18-11-13(6-7-21-18)16-4-5-17(29-16)20(26)22-14;1-24-11-15-19(23-24)16(25)3-2-6-27-7-8-28-18-10-13(4-5-21-18)17-9-14(12-29-17)20(26)22-15;1-24-12-15-18(23-24)16(26)3-2-6-28-7-8-29-17-9-14(4-5-20-17)25-11-13(10-21-25)19(27)22-15;1-24-10-13-17(23-24)15(25)3-2-6-27-7-8-28-16-9-12(4-5-20-16)14-11-29-19(22-14)18(26)21-13;1-24-10-13-17(22-24)15(26)3-2-6-28-7-8-29-16-9-12(4-5-19-16)25-11-14(21-23-25)18(27)20-13/h4-7,11-12H,2-3,8-10H2,1H3,(H,22,26);4-5,9-12H,2-3,6-8H2,1H3,(H,22,26);4-5,9-12H,2-3,6-8H2,1H3,(H,22,27);4-5,9-11H,2-3,6-8H2,1H3,(H,21,26);4-5,9-11H,2-3,6-8H2,1H3,(H,20,27). The molecule has 5 aliphatic rings. The van der Waals surface area contributed by atoms with Gasteiger partial charge in [-0.15, -0.1) is 39.1 Å². The number of rotatable bonds is 0. The predicted octanol–water partition coefficient (Wildman–Crippen LogP) is 11.5. The molecule has 5 aliphatic heterocycles. The van der Waals surface area contributed by atoms with Crippen molar-refractivity contribution in [3.8, 4) is 72.9 Å². The first-order valence-corrected chi connectivity index (χ1v) is 48.4. The molecule has 46 nitrogen and oxygen atoms in total. The second-order valence-electron chi connectivity index (χ2n) is 32.5. The molecule has 0 aliphatic carbocycles. The number of carbonyl (C=O) groups is 10. The van der Waals surface area contributed by atoms with Crippen molar-refractivity contribution in [1.82, 2.24) is 104 Å². The zero-order valence-corrected chi connectivity index (χ0v) is 81.6. The number of aromatic nitrogens is 21. The first kappa shape index (κ1) is 102. The zero-order valence-electron chi connectivity index (χ0n) is 79.1. The molecule has 0 saturated heterocycles. The Kier molecular flexibility index (Phi) is 34.6. The Labute approximate surface area is 838 Å². The van der Waals surface area contributed by atoms with Crippen LogP contribution in [0, 0.1) is 0 Å². The summed E-state index contributed by atoms with van der Waals surface area (Å²) in [6.07, 6.45) is 24.9. The largest absolute Gasteiger partial charge is 0.475 e. The number of ketones is 5. The molecule has 20 heterocycles. The maximum Gasteiger partial charge on any atom is 0.284 e. The smallest absolute Gasteiger partial charge is 0.284 e. The highest BCUT2D eigenvalue weighted by Gasteiger charge is 2.28. The number of hydrogen-bond donors (Lipinski definition) is 5. The highest BCUT2D eigenvalue weighted by molar-refractivity contribution is 7.17. The number of carbonyl (C=O) groups excluding carboxylic acids is 10. The van der Waals surface area contributed by atoms with Crippen molar-refractivity contribution >= 4 is 121 Å². The van der Waals surface area contributed by atoms with Crippen LogP contribution < -0.4 is 50.3 Å². The van der Waals surface area contributed by atoms with Gasteiger partial charge < -0.3 is 74.0 Å². The second kappa shape index (κ2) is 49.4. The number of pyridine rings is 5. The van der Waals surface area contributed by atoms with Crippen molar-refractivity contribution in [3.63, 3.8) is 0 Å². The first-order chi connectivity index (χ1) is 70.5. The molecule has 0 radical (unpaired) electrons. The normalized spacial score (nSPS) is 15.6. The maximum atomic E-state index is 12.7. The van der Waals surface area contributed by atoms with Crippen molar-refractivity contribution in [2.24, 2.45) is 35.2 Å². The van der Waals surface area contributed by atoms with Gasteiger partial charge in [-0.3, -0.25) is 71.4 Å². The molecule has 0 aromatic carbocycles. The molecular formula is C96H98N26O20S3. The molecule has 0 unspecified atom stereocenters. The van der Waals surface area contributed by atoms with Gasteiger partial charge >= 0.3 is 0 Å². The number of aryl methyl sites for hydroxylation is 5. The van der Waals surface area contributed by atoms with E-state index in [-0.39, 0.29) is 118 Å². The number of fused-ring (bicyclic) bond motifs is 30. The lowest BCUT2D eigenvalue weighted by molar-refractivity contribution is 0.0858. The minimum Gasteiger partial charge on any atom is -0.475 e. The summed E-state index contributed by atoms with van der Waals surface area (Å²) in [5.74, 6) is -0.275. The number of ether oxygens (including phenoxy) is 10. The Bertz CT molecular complexity index is 6180. The summed E-state index contributed by atoms with van der Waals surface area (Å²) >= 11 is 4.03. The van der Waals surface area contributed by atoms with Crippen LogP contribution in [0.5, 0.6) is 29.4 Å². The van der Waals surface area contributed by atoms with Crippen LogP contribution in [0.15, 0.2) is 170 Å². The van der Waals surface area contributed by atoms with E-state index >= 15 is 0 Å². The van der Waals surface area contributed by atoms with E-state index in [9.17, 15) is 47.9 Å². The molecular weight excluding hydrogens is 1930 g/mol. The second-order valence-corrected chi connectivity index (χ2v) is 35.4. The molecule has 20 rings (SSSR count). The van der Waals surface area contributed by atoms with Gasteiger partial charge in [0, 0.05) is 225 Å². The molecule has 0 saturated carbocycles. The molecule has 750 valence electrons. The van der Waals surface area contributed by atoms with E-state index in [0.717, 1.165) is 26.4 Å². The van der Waals surface area contributed by atoms with Crippen LogP contribution in [0.1, 0.15) is 167 Å². The number of anilines is 5. The third-order valence-electron chi connectivity index (χ3n) is 21.6. The Morgan fingerprint density at radius 3 is 1.10 bits per heavy atom. The van der Waals surface area contributed by atoms with Crippen LogP contribution >= 0.6 is 34.0 Å². The number of amides is 5. The molecule has 49 heteroatoms. The van der Waals surface area contributed by atoms with E-state index < -0.39 is 11.8 Å². The molecule has 15 aromatic rings. The van der Waals surface area contributed by atoms with Crippen molar-refractivity contribution < 1.29 is 95.3 Å². The van der Waals surface area contributed by atoms with Gasteiger partial charge in [-0.05, 0) is 91.8 Å². The van der Waals surface area contributed by atoms with Gasteiger partial charge in [-0.25, -0.2) is 39.3 Å². The fraction of sp³-hybridized carbons (Fsp3) is 0.312. The number of thiazole rings is 1. The van der Waals surface area contributed by atoms with Gasteiger partial charge in [0.05, 0.1) is 107 Å². The number of thiophene rings is 2. The lowest BCUT2D eigenvalue weighted by Crippen LogP contribution is -2.15.